The van der Waals surface area contributed by atoms with Crippen molar-refractivity contribution in [1.29, 1.82) is 0 Å². The fraction of sp³-hybridized carbons (Fsp3) is 0.975. The van der Waals surface area contributed by atoms with Crippen molar-refractivity contribution in [3.05, 3.63) is 0 Å². The third kappa shape index (κ3) is 14.2. The molecular formula is C40H81N11O18. The molecule has 0 aromatic rings. The van der Waals surface area contributed by atoms with Crippen molar-refractivity contribution in [3.63, 3.8) is 0 Å². The lowest BCUT2D eigenvalue weighted by atomic mass is 9.83. The standard InChI is InChI=1S/C22H44N6O10.C18H37N5O8/c23-4-3-12(30)20(34)28-11-5-10(26)18(37-21-9(25)2-1-8(6-24)35-21)17(33)19(11)38-22-16(32)14(27)15(31)13(7-29)36-22;19-4-6-1-2-7(20)17(28-6)30-15-8(21)3-9(22)16(14(15)27)31-18-13(26)11(23)12(25)10(5-24)29-18/h8-19,21-22,29-33H,1-7,23-27H2,(H,28,34);6-18,24-27H,1-5,19-23H2/t8?,9?,10?,11?,12-,13?,14?,15?,16?,17?,18?,19?,21?,22?;/m0./s1. The molecule has 0 radical (unpaired) electrons. The minimum atomic E-state index is -1.55. The topological polar surface area (TPSA) is 545 Å². The summed E-state index contributed by atoms with van der Waals surface area (Å²) in [5.74, 6) is -0.762. The number of carbonyl (C=O) groups is 1. The number of hydrogen-bond acceptors (Lipinski definition) is 28. The number of aliphatic hydroxyl groups excluding tert-OH is 9. The molecule has 2 aliphatic carbocycles. The molecule has 4 aliphatic heterocycles. The van der Waals surface area contributed by atoms with E-state index in [2.05, 4.69) is 5.32 Å². The number of amides is 1. The summed E-state index contributed by atoms with van der Waals surface area (Å²) >= 11 is 0. The first-order valence-electron chi connectivity index (χ1n) is 23.6. The van der Waals surface area contributed by atoms with E-state index in [1.807, 2.05) is 0 Å². The second-order valence-corrected chi connectivity index (χ2v) is 18.8. The van der Waals surface area contributed by atoms with Crippen LogP contribution in [-0.4, -0.2) is 250 Å². The summed E-state index contributed by atoms with van der Waals surface area (Å²) in [6, 6.07) is -6.39. The molecule has 1 amide bonds. The largest absolute Gasteiger partial charge is 0.394 e. The zero-order valence-electron chi connectivity index (χ0n) is 38.5. The molecule has 4 saturated heterocycles. The van der Waals surface area contributed by atoms with Crippen LogP contribution >= 0.6 is 0 Å². The Balaban J connectivity index is 0.000000263. The van der Waals surface area contributed by atoms with Crippen molar-refractivity contribution in [3.8, 4) is 0 Å². The summed E-state index contributed by atoms with van der Waals surface area (Å²) in [4.78, 5) is 12.6. The Morgan fingerprint density at radius 2 is 0.913 bits per heavy atom. The lowest BCUT2D eigenvalue weighted by Crippen LogP contribution is -2.69. The van der Waals surface area contributed by atoms with Gasteiger partial charge in [-0.1, -0.05) is 0 Å². The molecule has 27 atom stereocenters. The van der Waals surface area contributed by atoms with Gasteiger partial charge in [-0.25, -0.2) is 0 Å². The Kier molecular flexibility index (Phi) is 22.4. The van der Waals surface area contributed by atoms with Crippen molar-refractivity contribution < 1.29 is 88.6 Å². The molecule has 0 bridgehead atoms. The molecule has 29 heteroatoms. The zero-order chi connectivity index (χ0) is 51.0. The highest BCUT2D eigenvalue weighted by molar-refractivity contribution is 5.80. The maximum absolute atomic E-state index is 12.6. The number of carbonyl (C=O) groups excluding carboxylic acids is 1. The van der Waals surface area contributed by atoms with E-state index in [-0.39, 0.29) is 44.6 Å². The average molecular weight is 1000 g/mol. The number of rotatable bonds is 16. The summed E-state index contributed by atoms with van der Waals surface area (Å²) in [6.07, 6.45) is -18.5. The third-order valence-corrected chi connectivity index (χ3v) is 13.7. The number of hydrogen-bond donors (Lipinski definition) is 20. The van der Waals surface area contributed by atoms with Gasteiger partial charge in [0.1, 0.15) is 79.4 Å². The monoisotopic (exact) mass is 1000 g/mol. The smallest absolute Gasteiger partial charge is 0.249 e. The van der Waals surface area contributed by atoms with Crippen molar-refractivity contribution >= 4 is 5.91 Å². The number of nitrogens with one attached hydrogen (secondary N) is 1. The third-order valence-electron chi connectivity index (χ3n) is 13.7. The number of ether oxygens (including phenoxy) is 8. The Morgan fingerprint density at radius 1 is 0.522 bits per heavy atom. The summed E-state index contributed by atoms with van der Waals surface area (Å²) < 4.78 is 46.2. The molecule has 26 unspecified atom stereocenters. The lowest BCUT2D eigenvalue weighted by molar-refractivity contribution is -0.314. The lowest BCUT2D eigenvalue weighted by Gasteiger charge is -2.48. The predicted molar refractivity (Wildman–Crippen MR) is 238 cm³/mol. The quantitative estimate of drug-likeness (QED) is 0.0683. The second-order valence-electron chi connectivity index (χ2n) is 18.8. The van der Waals surface area contributed by atoms with Gasteiger partial charge in [-0.2, -0.15) is 0 Å². The SMILES string of the molecule is NCC1CCC(N)C(OC2C(N)CC(N)C(OC3OC(CO)C(O)C(N)C3O)C2O)O1.NCC[C@H](O)C(=O)NC1CC(N)C(OC2OC(CN)CCC2N)C(O)C1OC1OC(CO)C(O)C(N)C1O. The summed E-state index contributed by atoms with van der Waals surface area (Å²) in [6.45, 7) is -0.511. The van der Waals surface area contributed by atoms with Gasteiger partial charge in [0, 0.05) is 31.2 Å². The molecule has 6 fully saturated rings. The van der Waals surface area contributed by atoms with Crippen LogP contribution in [0.15, 0.2) is 0 Å². The molecule has 6 aliphatic rings. The molecule has 0 spiro atoms. The Bertz CT molecular complexity index is 1550. The van der Waals surface area contributed by atoms with Gasteiger partial charge in [-0.05, 0) is 51.5 Å². The van der Waals surface area contributed by atoms with Crippen LogP contribution in [0.1, 0.15) is 44.9 Å². The van der Waals surface area contributed by atoms with Crippen LogP contribution in [0.25, 0.3) is 0 Å². The molecule has 0 aromatic heterocycles. The highest BCUT2D eigenvalue weighted by Gasteiger charge is 2.53. The summed E-state index contributed by atoms with van der Waals surface area (Å²) in [7, 11) is 0. The van der Waals surface area contributed by atoms with Gasteiger partial charge < -0.3 is 147 Å². The van der Waals surface area contributed by atoms with Crippen molar-refractivity contribution in [2.75, 3.05) is 32.8 Å². The van der Waals surface area contributed by atoms with E-state index in [9.17, 15) is 50.8 Å². The molecule has 2 saturated carbocycles. The van der Waals surface area contributed by atoms with Gasteiger partial charge in [0.15, 0.2) is 25.2 Å². The average Bonchev–Trinajstić information content (AvgIpc) is 3.32. The first kappa shape index (κ1) is 58.3. The predicted octanol–water partition coefficient (Wildman–Crippen LogP) is -11.7. The van der Waals surface area contributed by atoms with Crippen molar-refractivity contribution in [1.82, 2.24) is 5.32 Å². The van der Waals surface area contributed by atoms with E-state index < -0.39 is 172 Å². The maximum Gasteiger partial charge on any atom is 0.249 e. The van der Waals surface area contributed by atoms with E-state index in [4.69, 9.17) is 95.2 Å². The van der Waals surface area contributed by atoms with Crippen LogP contribution in [0, 0.1) is 0 Å². The molecular weight excluding hydrogens is 922 g/mol. The molecule has 29 nitrogen and oxygen atoms in total. The molecule has 69 heavy (non-hydrogen) atoms. The van der Waals surface area contributed by atoms with Gasteiger partial charge >= 0.3 is 0 Å². The van der Waals surface area contributed by atoms with Crippen LogP contribution < -0.4 is 62.7 Å². The van der Waals surface area contributed by atoms with Crippen molar-refractivity contribution in [2.45, 2.75) is 210 Å². The fourth-order valence-corrected chi connectivity index (χ4v) is 9.38. The number of aliphatic hydroxyl groups is 9. The highest BCUT2D eigenvalue weighted by atomic mass is 16.7. The van der Waals surface area contributed by atoms with E-state index in [1.165, 1.54) is 0 Å². The highest BCUT2D eigenvalue weighted by Crippen LogP contribution is 2.33. The fourth-order valence-electron chi connectivity index (χ4n) is 9.38. The van der Waals surface area contributed by atoms with E-state index in [1.54, 1.807) is 0 Å². The zero-order valence-corrected chi connectivity index (χ0v) is 38.5. The normalized spacial score (nSPS) is 47.9. The maximum atomic E-state index is 12.6. The molecule has 4 heterocycles. The van der Waals surface area contributed by atoms with Gasteiger partial charge in [-0.15, -0.1) is 0 Å². The molecule has 6 rings (SSSR count). The minimum absolute atomic E-state index is 0.000983. The Hall–Kier alpha value is -1.61. The van der Waals surface area contributed by atoms with Crippen LogP contribution in [-0.2, 0) is 42.7 Å². The van der Waals surface area contributed by atoms with E-state index >= 15 is 0 Å². The first-order chi connectivity index (χ1) is 32.7. The second kappa shape index (κ2) is 26.6. The molecule has 0 aromatic carbocycles. The van der Waals surface area contributed by atoms with Crippen LogP contribution in [0.2, 0.25) is 0 Å². The van der Waals surface area contributed by atoms with Crippen LogP contribution in [0.4, 0.5) is 0 Å². The van der Waals surface area contributed by atoms with Crippen LogP contribution in [0.3, 0.4) is 0 Å². The number of nitrogens with two attached hydrogens (primary N) is 10. The van der Waals surface area contributed by atoms with Crippen LogP contribution in [0.5, 0.6) is 0 Å². The van der Waals surface area contributed by atoms with E-state index in [0.717, 1.165) is 0 Å². The molecule has 404 valence electrons. The summed E-state index contributed by atoms with van der Waals surface area (Å²) in [5.41, 5.74) is 59.5. The molecule has 30 N–H and O–H groups in total. The van der Waals surface area contributed by atoms with Crippen molar-refractivity contribution in [2.24, 2.45) is 57.3 Å². The van der Waals surface area contributed by atoms with Gasteiger partial charge in [0.05, 0.1) is 55.6 Å². The summed E-state index contributed by atoms with van der Waals surface area (Å²) in [5, 5.41) is 95.1. The van der Waals surface area contributed by atoms with Gasteiger partial charge in [0.2, 0.25) is 5.91 Å². The minimum Gasteiger partial charge on any atom is -0.394 e. The Morgan fingerprint density at radius 3 is 1.32 bits per heavy atom. The van der Waals surface area contributed by atoms with E-state index in [0.29, 0.717) is 32.2 Å². The van der Waals surface area contributed by atoms with Gasteiger partial charge in [-0.3, -0.25) is 4.79 Å². The van der Waals surface area contributed by atoms with Gasteiger partial charge in [0.25, 0.3) is 0 Å². The Labute approximate surface area is 399 Å². The first-order valence-corrected chi connectivity index (χ1v) is 23.6.